The van der Waals surface area contributed by atoms with Gasteiger partial charge in [0.1, 0.15) is 0 Å². The molecule has 2 aromatic rings. The Labute approximate surface area is 134 Å². The number of halogens is 3. The molecule has 0 bridgehead atoms. The summed E-state index contributed by atoms with van der Waals surface area (Å²) in [5.74, 6) is 0. The van der Waals surface area contributed by atoms with Crippen molar-refractivity contribution in [3.8, 4) is 0 Å². The van der Waals surface area contributed by atoms with Gasteiger partial charge in [-0.05, 0) is 65.4 Å². The Morgan fingerprint density at radius 3 is 2.44 bits per heavy atom. The number of rotatable bonds is 3. The van der Waals surface area contributed by atoms with E-state index >= 15 is 0 Å². The van der Waals surface area contributed by atoms with Gasteiger partial charge >= 0.3 is 0 Å². The van der Waals surface area contributed by atoms with Crippen LogP contribution in [0.5, 0.6) is 0 Å². The molecule has 1 atom stereocenters. The molecule has 0 fully saturated rings. The average Bonchev–Trinajstić information content (AvgIpc) is 2.33. The Hall–Kier alpha value is -0.260. The highest BCUT2D eigenvalue weighted by Gasteiger charge is 2.07. The molecule has 18 heavy (non-hydrogen) atoms. The molecule has 2 aromatic carbocycles. The molecule has 1 N–H and O–H groups in total. The van der Waals surface area contributed by atoms with E-state index in [1.807, 2.05) is 18.2 Å². The molecule has 94 valence electrons. The van der Waals surface area contributed by atoms with E-state index in [0.29, 0.717) is 0 Å². The highest BCUT2D eigenvalue weighted by molar-refractivity contribution is 14.1. The lowest BCUT2D eigenvalue weighted by Crippen LogP contribution is -2.07. The van der Waals surface area contributed by atoms with Crippen molar-refractivity contribution in [1.29, 1.82) is 0 Å². The summed E-state index contributed by atoms with van der Waals surface area (Å²) in [6, 6.07) is 14.5. The van der Waals surface area contributed by atoms with E-state index in [2.05, 4.69) is 75.0 Å². The summed E-state index contributed by atoms with van der Waals surface area (Å²) in [5.41, 5.74) is 2.36. The van der Waals surface area contributed by atoms with Gasteiger partial charge in [-0.1, -0.05) is 39.7 Å². The maximum absolute atomic E-state index is 5.95. The van der Waals surface area contributed by atoms with Crippen molar-refractivity contribution < 1.29 is 0 Å². The fourth-order valence-electron chi connectivity index (χ4n) is 1.67. The Bertz CT molecular complexity index is 542. The van der Waals surface area contributed by atoms with Crippen LogP contribution in [0.25, 0.3) is 0 Å². The molecule has 0 saturated carbocycles. The minimum absolute atomic E-state index is 0.257. The summed E-state index contributed by atoms with van der Waals surface area (Å²) >= 11 is 11.7. The van der Waals surface area contributed by atoms with Gasteiger partial charge in [-0.15, -0.1) is 0 Å². The zero-order valence-corrected chi connectivity index (χ0v) is 14.3. The summed E-state index contributed by atoms with van der Waals surface area (Å²) in [4.78, 5) is 0. The molecule has 0 aliphatic carbocycles. The number of anilines is 1. The van der Waals surface area contributed by atoms with Crippen LogP contribution in [0.4, 0.5) is 5.69 Å². The Morgan fingerprint density at radius 2 is 1.83 bits per heavy atom. The van der Waals surface area contributed by atoms with Gasteiger partial charge in [-0.3, -0.25) is 0 Å². The number of hydrogen-bond donors (Lipinski definition) is 1. The second-order valence-corrected chi connectivity index (χ2v) is 6.56. The van der Waals surface area contributed by atoms with Gasteiger partial charge in [0.15, 0.2) is 0 Å². The Balaban J connectivity index is 2.15. The van der Waals surface area contributed by atoms with Crippen LogP contribution in [0.1, 0.15) is 18.5 Å². The van der Waals surface area contributed by atoms with Gasteiger partial charge in [0, 0.05) is 24.8 Å². The van der Waals surface area contributed by atoms with Gasteiger partial charge in [0.25, 0.3) is 0 Å². The van der Waals surface area contributed by atoms with Crippen LogP contribution in [0, 0.1) is 3.57 Å². The van der Waals surface area contributed by atoms with Gasteiger partial charge in [0.2, 0.25) is 0 Å². The number of hydrogen-bond acceptors (Lipinski definition) is 1. The third-order valence-corrected chi connectivity index (χ3v) is 4.33. The van der Waals surface area contributed by atoms with E-state index < -0.39 is 0 Å². The first-order chi connectivity index (χ1) is 8.56. The van der Waals surface area contributed by atoms with Gasteiger partial charge in [-0.2, -0.15) is 0 Å². The summed E-state index contributed by atoms with van der Waals surface area (Å²) in [6.45, 7) is 2.15. The van der Waals surface area contributed by atoms with Crippen molar-refractivity contribution in [2.24, 2.45) is 0 Å². The molecule has 0 spiro atoms. The smallest absolute Gasteiger partial charge is 0.0486 e. The molecule has 0 heterocycles. The highest BCUT2D eigenvalue weighted by Crippen LogP contribution is 2.26. The van der Waals surface area contributed by atoms with Crippen molar-refractivity contribution in [3.05, 3.63) is 61.1 Å². The monoisotopic (exact) mass is 435 g/mol. The van der Waals surface area contributed by atoms with Gasteiger partial charge in [0.05, 0.1) is 0 Å². The van der Waals surface area contributed by atoms with Crippen LogP contribution in [0.3, 0.4) is 0 Å². The second kappa shape index (κ2) is 6.26. The lowest BCUT2D eigenvalue weighted by atomic mass is 10.1. The molecule has 0 aliphatic rings. The predicted octanol–water partition coefficient (Wildman–Crippen LogP) is 5.88. The van der Waals surface area contributed by atoms with Crippen LogP contribution < -0.4 is 5.32 Å². The molecule has 1 nitrogen and oxygen atoms in total. The normalized spacial score (nSPS) is 12.2. The lowest BCUT2D eigenvalue weighted by Gasteiger charge is -2.17. The molecule has 0 aliphatic heterocycles. The van der Waals surface area contributed by atoms with Crippen molar-refractivity contribution >= 4 is 55.8 Å². The van der Waals surface area contributed by atoms with Crippen LogP contribution >= 0.6 is 50.1 Å². The molecule has 0 amide bonds. The standard InChI is InChI=1S/C14H12BrClIN/c1-9(10-2-4-11(15)5-3-10)18-14-7-6-12(16)8-13(14)17/h2-9,18H,1H3. The largest absolute Gasteiger partial charge is 0.378 e. The second-order valence-electron chi connectivity index (χ2n) is 4.04. The summed E-state index contributed by atoms with van der Waals surface area (Å²) in [6.07, 6.45) is 0. The first-order valence-electron chi connectivity index (χ1n) is 5.53. The van der Waals surface area contributed by atoms with Crippen molar-refractivity contribution in [2.45, 2.75) is 13.0 Å². The molecule has 0 aromatic heterocycles. The minimum Gasteiger partial charge on any atom is -0.378 e. The van der Waals surface area contributed by atoms with E-state index in [1.54, 1.807) is 0 Å². The zero-order chi connectivity index (χ0) is 13.1. The average molecular weight is 437 g/mol. The first kappa shape index (κ1) is 14.2. The molecule has 0 saturated heterocycles. The maximum Gasteiger partial charge on any atom is 0.0486 e. The van der Waals surface area contributed by atoms with Crippen LogP contribution in [0.2, 0.25) is 5.02 Å². The molecule has 2 rings (SSSR count). The molecule has 4 heteroatoms. The van der Waals surface area contributed by atoms with E-state index in [4.69, 9.17) is 11.6 Å². The lowest BCUT2D eigenvalue weighted by molar-refractivity contribution is 0.883. The predicted molar refractivity (Wildman–Crippen MR) is 90.3 cm³/mol. The third kappa shape index (κ3) is 3.62. The molecule has 1 unspecified atom stereocenters. The quantitative estimate of drug-likeness (QED) is 0.593. The van der Waals surface area contributed by atoms with E-state index in [1.165, 1.54) is 5.56 Å². The Kier molecular flexibility index (Phi) is 4.92. The third-order valence-electron chi connectivity index (χ3n) is 2.67. The molecular weight excluding hydrogens is 424 g/mol. The summed E-state index contributed by atoms with van der Waals surface area (Å²) in [7, 11) is 0. The molecule has 0 radical (unpaired) electrons. The van der Waals surface area contributed by atoms with E-state index in [0.717, 1.165) is 18.8 Å². The maximum atomic E-state index is 5.95. The zero-order valence-electron chi connectivity index (χ0n) is 9.75. The summed E-state index contributed by atoms with van der Waals surface area (Å²) in [5, 5.41) is 4.26. The van der Waals surface area contributed by atoms with Crippen LogP contribution in [0.15, 0.2) is 46.9 Å². The van der Waals surface area contributed by atoms with Crippen LogP contribution in [-0.4, -0.2) is 0 Å². The summed E-state index contributed by atoms with van der Waals surface area (Å²) < 4.78 is 2.23. The van der Waals surface area contributed by atoms with E-state index in [-0.39, 0.29) is 6.04 Å². The SMILES string of the molecule is CC(Nc1ccc(Cl)cc1I)c1ccc(Br)cc1. The van der Waals surface area contributed by atoms with Crippen molar-refractivity contribution in [2.75, 3.05) is 5.32 Å². The number of benzene rings is 2. The van der Waals surface area contributed by atoms with Crippen molar-refractivity contribution in [3.63, 3.8) is 0 Å². The van der Waals surface area contributed by atoms with Crippen LogP contribution in [-0.2, 0) is 0 Å². The van der Waals surface area contributed by atoms with E-state index in [9.17, 15) is 0 Å². The molecular formula is C14H12BrClIN. The van der Waals surface area contributed by atoms with Crippen molar-refractivity contribution in [1.82, 2.24) is 0 Å². The Morgan fingerprint density at radius 1 is 1.17 bits per heavy atom. The minimum atomic E-state index is 0.257. The topological polar surface area (TPSA) is 12.0 Å². The number of nitrogens with one attached hydrogen (secondary N) is 1. The first-order valence-corrected chi connectivity index (χ1v) is 7.78. The highest BCUT2D eigenvalue weighted by atomic mass is 127. The fraction of sp³-hybridized carbons (Fsp3) is 0.143. The van der Waals surface area contributed by atoms with Gasteiger partial charge < -0.3 is 5.32 Å². The fourth-order valence-corrected chi connectivity index (χ4v) is 2.97. The van der Waals surface area contributed by atoms with Gasteiger partial charge in [-0.25, -0.2) is 0 Å².